The van der Waals surface area contributed by atoms with E-state index in [9.17, 15) is 13.2 Å². The summed E-state index contributed by atoms with van der Waals surface area (Å²) < 4.78 is 39.5. The van der Waals surface area contributed by atoms with Gasteiger partial charge in [0.2, 0.25) is 0 Å². The monoisotopic (exact) mass is 348 g/mol. The van der Waals surface area contributed by atoms with Gasteiger partial charge in [-0.25, -0.2) is 13.2 Å². The van der Waals surface area contributed by atoms with Crippen molar-refractivity contribution in [1.29, 1.82) is 0 Å². The molecule has 5 heteroatoms. The molecule has 0 heterocycles. The van der Waals surface area contributed by atoms with Crippen LogP contribution < -0.4 is 0 Å². The van der Waals surface area contributed by atoms with E-state index in [-0.39, 0.29) is 10.8 Å². The maximum Gasteiger partial charge on any atom is 0.160 e. The second-order valence-electron chi connectivity index (χ2n) is 4.16. The summed E-state index contributed by atoms with van der Waals surface area (Å²) in [6.45, 7) is 1.63. The SMILES string of the molecule is Cc1cc(C(Br)c2cc(F)c(F)cc2Cl)ccc1F. The summed E-state index contributed by atoms with van der Waals surface area (Å²) in [4.78, 5) is -0.436. The van der Waals surface area contributed by atoms with Crippen molar-refractivity contribution in [3.63, 3.8) is 0 Å². The minimum Gasteiger partial charge on any atom is -0.207 e. The van der Waals surface area contributed by atoms with Gasteiger partial charge >= 0.3 is 0 Å². The lowest BCUT2D eigenvalue weighted by Gasteiger charge is -2.14. The molecular weight excluding hydrogens is 341 g/mol. The predicted octanol–water partition coefficient (Wildman–Crippen LogP) is 5.55. The molecule has 2 aromatic rings. The summed E-state index contributed by atoms with van der Waals surface area (Å²) in [7, 11) is 0. The Morgan fingerprint density at radius 3 is 2.26 bits per heavy atom. The number of alkyl halides is 1. The van der Waals surface area contributed by atoms with Gasteiger partial charge in [-0.1, -0.05) is 39.7 Å². The second kappa shape index (κ2) is 5.55. The molecule has 0 spiro atoms. The number of benzene rings is 2. The topological polar surface area (TPSA) is 0 Å². The van der Waals surface area contributed by atoms with Crippen molar-refractivity contribution in [3.8, 4) is 0 Å². The van der Waals surface area contributed by atoms with Gasteiger partial charge in [-0.2, -0.15) is 0 Å². The van der Waals surface area contributed by atoms with Crippen molar-refractivity contribution in [2.45, 2.75) is 11.8 Å². The van der Waals surface area contributed by atoms with E-state index in [2.05, 4.69) is 15.9 Å². The molecular formula is C14H9BrClF3. The molecule has 1 atom stereocenters. The third-order valence-electron chi connectivity index (χ3n) is 2.79. The summed E-state index contributed by atoms with van der Waals surface area (Å²) in [6.07, 6.45) is 0. The second-order valence-corrected chi connectivity index (χ2v) is 5.48. The molecule has 1 unspecified atom stereocenters. The van der Waals surface area contributed by atoms with Crippen LogP contribution >= 0.6 is 27.5 Å². The van der Waals surface area contributed by atoms with Gasteiger partial charge in [0.1, 0.15) is 5.82 Å². The van der Waals surface area contributed by atoms with E-state index >= 15 is 0 Å². The number of halogens is 5. The van der Waals surface area contributed by atoms with Gasteiger partial charge in [0.25, 0.3) is 0 Å². The van der Waals surface area contributed by atoms with E-state index in [0.717, 1.165) is 12.1 Å². The molecule has 0 aliphatic heterocycles. The molecule has 19 heavy (non-hydrogen) atoms. The van der Waals surface area contributed by atoms with Gasteiger partial charge in [-0.3, -0.25) is 0 Å². The molecule has 0 saturated heterocycles. The first kappa shape index (κ1) is 14.4. The molecule has 0 aliphatic carbocycles. The van der Waals surface area contributed by atoms with E-state index in [4.69, 9.17) is 11.6 Å². The first-order chi connectivity index (χ1) is 8.90. The smallest absolute Gasteiger partial charge is 0.160 e. The number of rotatable bonds is 2. The number of hydrogen-bond acceptors (Lipinski definition) is 0. The predicted molar refractivity (Wildman–Crippen MR) is 73.3 cm³/mol. The van der Waals surface area contributed by atoms with Crippen molar-refractivity contribution in [2.24, 2.45) is 0 Å². The largest absolute Gasteiger partial charge is 0.207 e. The minimum atomic E-state index is -0.997. The van der Waals surface area contributed by atoms with E-state index in [1.165, 1.54) is 6.07 Å². The van der Waals surface area contributed by atoms with Crippen molar-refractivity contribution in [2.75, 3.05) is 0 Å². The van der Waals surface area contributed by atoms with Gasteiger partial charge in [0.15, 0.2) is 11.6 Å². The Kier molecular flexibility index (Phi) is 4.21. The Balaban J connectivity index is 2.46. The van der Waals surface area contributed by atoms with Crippen LogP contribution in [0, 0.1) is 24.4 Å². The zero-order valence-corrected chi connectivity index (χ0v) is 12.2. The first-order valence-corrected chi connectivity index (χ1v) is 6.74. The van der Waals surface area contributed by atoms with Gasteiger partial charge in [-0.05, 0) is 41.8 Å². The molecule has 0 fully saturated rings. The maximum atomic E-state index is 13.3. The Bertz CT molecular complexity index is 628. The molecule has 0 radical (unpaired) electrons. The quantitative estimate of drug-likeness (QED) is 0.492. The summed E-state index contributed by atoms with van der Waals surface area (Å²) in [5, 5.41) is 0.114. The molecule has 100 valence electrons. The lowest BCUT2D eigenvalue weighted by atomic mass is 10.0. The Hall–Kier alpha value is -1.00. The third-order valence-corrected chi connectivity index (χ3v) is 4.14. The van der Waals surface area contributed by atoms with E-state index in [1.807, 2.05) is 0 Å². The van der Waals surface area contributed by atoms with Crippen LogP contribution in [0.3, 0.4) is 0 Å². The van der Waals surface area contributed by atoms with Crippen molar-refractivity contribution in [3.05, 3.63) is 69.5 Å². The van der Waals surface area contributed by atoms with Crippen molar-refractivity contribution >= 4 is 27.5 Å². The van der Waals surface area contributed by atoms with Crippen LogP contribution in [-0.2, 0) is 0 Å². The van der Waals surface area contributed by atoms with Crippen molar-refractivity contribution in [1.82, 2.24) is 0 Å². The van der Waals surface area contributed by atoms with Gasteiger partial charge < -0.3 is 0 Å². The fourth-order valence-corrected chi connectivity index (χ4v) is 2.79. The van der Waals surface area contributed by atoms with Gasteiger partial charge in [0, 0.05) is 5.02 Å². The summed E-state index contributed by atoms with van der Waals surface area (Å²) in [6, 6.07) is 6.49. The number of hydrogen-bond donors (Lipinski definition) is 0. The average Bonchev–Trinajstić information content (AvgIpc) is 2.36. The molecule has 0 bridgehead atoms. The molecule has 0 saturated carbocycles. The minimum absolute atomic E-state index is 0.114. The first-order valence-electron chi connectivity index (χ1n) is 5.44. The molecule has 2 rings (SSSR count). The summed E-state index contributed by atoms with van der Waals surface area (Å²) in [5.74, 6) is -2.29. The highest BCUT2D eigenvalue weighted by molar-refractivity contribution is 9.09. The molecule has 2 aromatic carbocycles. The van der Waals surface area contributed by atoms with Crippen LogP contribution in [0.2, 0.25) is 5.02 Å². The normalized spacial score (nSPS) is 12.5. The van der Waals surface area contributed by atoms with Crippen LogP contribution in [-0.4, -0.2) is 0 Å². The maximum absolute atomic E-state index is 13.3. The van der Waals surface area contributed by atoms with Crippen LogP contribution in [0.1, 0.15) is 21.5 Å². The fraction of sp³-hybridized carbons (Fsp3) is 0.143. The Labute approximate surface area is 122 Å². The zero-order chi connectivity index (χ0) is 14.2. The standard InChI is InChI=1S/C14H9BrClF3/c1-7-4-8(2-3-11(7)17)14(15)9-5-12(18)13(19)6-10(9)16/h2-6,14H,1H3. The molecule has 0 nitrogen and oxygen atoms in total. The zero-order valence-electron chi connectivity index (χ0n) is 9.85. The van der Waals surface area contributed by atoms with E-state index in [0.29, 0.717) is 16.7 Å². The number of aryl methyl sites for hydroxylation is 1. The summed E-state index contributed by atoms with van der Waals surface area (Å²) >= 11 is 9.27. The fourth-order valence-electron chi connectivity index (χ4n) is 1.74. The van der Waals surface area contributed by atoms with Gasteiger partial charge in [0.05, 0.1) is 4.83 Å². The highest BCUT2D eigenvalue weighted by Crippen LogP contribution is 2.36. The lowest BCUT2D eigenvalue weighted by molar-refractivity contribution is 0.507. The molecule has 0 aromatic heterocycles. The van der Waals surface area contributed by atoms with Crippen molar-refractivity contribution < 1.29 is 13.2 Å². The van der Waals surface area contributed by atoms with E-state index < -0.39 is 16.5 Å². The molecule has 0 N–H and O–H groups in total. The molecule has 0 aliphatic rings. The van der Waals surface area contributed by atoms with E-state index in [1.54, 1.807) is 19.1 Å². The van der Waals surface area contributed by atoms with Crippen LogP contribution in [0.15, 0.2) is 30.3 Å². The third kappa shape index (κ3) is 2.95. The highest BCUT2D eigenvalue weighted by atomic mass is 79.9. The molecule has 0 amide bonds. The van der Waals surface area contributed by atoms with Gasteiger partial charge in [-0.15, -0.1) is 0 Å². The Morgan fingerprint density at radius 2 is 1.63 bits per heavy atom. The lowest BCUT2D eigenvalue weighted by Crippen LogP contribution is -1.98. The van der Waals surface area contributed by atoms with Crippen LogP contribution in [0.25, 0.3) is 0 Å². The average molecular weight is 350 g/mol. The highest BCUT2D eigenvalue weighted by Gasteiger charge is 2.17. The van der Waals surface area contributed by atoms with Crippen LogP contribution in [0.5, 0.6) is 0 Å². The van der Waals surface area contributed by atoms with Crippen LogP contribution in [0.4, 0.5) is 13.2 Å². The summed E-state index contributed by atoms with van der Waals surface area (Å²) in [5.41, 5.74) is 1.58. The Morgan fingerprint density at radius 1 is 1.00 bits per heavy atom.